The lowest BCUT2D eigenvalue weighted by molar-refractivity contribution is 0.0697. The quantitative estimate of drug-likeness (QED) is 0.311. The minimum absolute atomic E-state index is 0.0302. The summed E-state index contributed by atoms with van der Waals surface area (Å²) in [6, 6.07) is 21.0. The van der Waals surface area contributed by atoms with E-state index in [0.717, 1.165) is 34.9 Å². The van der Waals surface area contributed by atoms with Crippen molar-refractivity contribution < 1.29 is 14.7 Å². The number of hydrogen-bond donors (Lipinski definition) is 2. The van der Waals surface area contributed by atoms with E-state index in [9.17, 15) is 14.7 Å². The number of aromatic carboxylic acids is 1. The maximum atomic E-state index is 12.5. The van der Waals surface area contributed by atoms with Crippen molar-refractivity contribution in [1.29, 1.82) is 0 Å². The molecule has 0 fully saturated rings. The van der Waals surface area contributed by atoms with Crippen LogP contribution in [-0.4, -0.2) is 28.1 Å². The Morgan fingerprint density at radius 1 is 0.971 bits per heavy atom. The summed E-state index contributed by atoms with van der Waals surface area (Å²) in [5.74, 6) is -0.958. The normalized spacial score (nSPS) is 11.0. The number of nitrogens with zero attached hydrogens (tertiary/aromatic N) is 1. The molecule has 0 spiro atoms. The largest absolute Gasteiger partial charge is 0.478 e. The number of aromatic nitrogens is 1. The van der Waals surface area contributed by atoms with Crippen molar-refractivity contribution in [2.45, 2.75) is 40.2 Å². The third kappa shape index (κ3) is 4.60. The van der Waals surface area contributed by atoms with Gasteiger partial charge in [0.25, 0.3) is 5.91 Å². The van der Waals surface area contributed by atoms with E-state index in [0.29, 0.717) is 29.8 Å². The molecule has 0 saturated carbocycles. The summed E-state index contributed by atoms with van der Waals surface area (Å²) >= 11 is 0. The number of benzene rings is 3. The van der Waals surface area contributed by atoms with E-state index in [-0.39, 0.29) is 5.91 Å². The van der Waals surface area contributed by atoms with E-state index in [1.165, 1.54) is 11.3 Å². The number of amides is 1. The van der Waals surface area contributed by atoms with Gasteiger partial charge in [-0.15, -0.1) is 0 Å². The number of hydrogen-bond acceptors (Lipinski definition) is 2. The van der Waals surface area contributed by atoms with Crippen LogP contribution in [-0.2, 0) is 6.54 Å². The molecule has 0 atom stereocenters. The number of carboxylic acids is 1. The van der Waals surface area contributed by atoms with E-state index in [4.69, 9.17) is 0 Å². The average Bonchev–Trinajstić information content (AvgIpc) is 3.09. The zero-order chi connectivity index (χ0) is 24.2. The zero-order valence-electron chi connectivity index (χ0n) is 19.9. The second kappa shape index (κ2) is 9.96. The van der Waals surface area contributed by atoms with Crippen LogP contribution in [0.15, 0.2) is 66.7 Å². The Bertz CT molecular complexity index is 1350. The lowest BCUT2D eigenvalue weighted by atomic mass is 9.99. The Morgan fingerprint density at radius 2 is 1.71 bits per heavy atom. The number of rotatable bonds is 8. The molecule has 1 aromatic heterocycles. The van der Waals surface area contributed by atoms with Crippen LogP contribution in [0.25, 0.3) is 22.0 Å². The van der Waals surface area contributed by atoms with Gasteiger partial charge in [0, 0.05) is 35.2 Å². The van der Waals surface area contributed by atoms with E-state index >= 15 is 0 Å². The van der Waals surface area contributed by atoms with Gasteiger partial charge in [-0.25, -0.2) is 4.79 Å². The summed E-state index contributed by atoms with van der Waals surface area (Å²) in [7, 11) is 0. The Kier molecular flexibility index (Phi) is 6.82. The van der Waals surface area contributed by atoms with Crippen molar-refractivity contribution in [3.63, 3.8) is 0 Å². The van der Waals surface area contributed by atoms with Crippen LogP contribution >= 0.6 is 0 Å². The topological polar surface area (TPSA) is 71.3 Å². The van der Waals surface area contributed by atoms with Crippen molar-refractivity contribution in [1.82, 2.24) is 9.88 Å². The summed E-state index contributed by atoms with van der Waals surface area (Å²) in [5, 5.41) is 13.6. The van der Waals surface area contributed by atoms with Gasteiger partial charge < -0.3 is 15.0 Å². The Morgan fingerprint density at radius 3 is 2.41 bits per heavy atom. The van der Waals surface area contributed by atoms with Gasteiger partial charge in [0.1, 0.15) is 0 Å². The molecule has 34 heavy (non-hydrogen) atoms. The van der Waals surface area contributed by atoms with E-state index < -0.39 is 5.97 Å². The fourth-order valence-electron chi connectivity index (χ4n) is 4.37. The van der Waals surface area contributed by atoms with Gasteiger partial charge in [-0.05, 0) is 66.8 Å². The van der Waals surface area contributed by atoms with Crippen LogP contribution in [0.4, 0.5) is 0 Å². The fraction of sp³-hybridized carbons (Fsp3) is 0.241. The van der Waals surface area contributed by atoms with Gasteiger partial charge in [0.05, 0.1) is 5.56 Å². The molecule has 174 valence electrons. The maximum Gasteiger partial charge on any atom is 0.336 e. The average molecular weight is 455 g/mol. The molecular weight excluding hydrogens is 424 g/mol. The molecule has 3 aromatic carbocycles. The smallest absolute Gasteiger partial charge is 0.336 e. The van der Waals surface area contributed by atoms with Crippen molar-refractivity contribution in [2.24, 2.45) is 0 Å². The molecule has 2 N–H and O–H groups in total. The molecular formula is C29H30N2O3. The molecule has 0 bridgehead atoms. The second-order valence-corrected chi connectivity index (χ2v) is 8.69. The summed E-state index contributed by atoms with van der Waals surface area (Å²) in [6.45, 7) is 7.70. The minimum Gasteiger partial charge on any atom is -0.478 e. The highest BCUT2D eigenvalue weighted by Crippen LogP contribution is 2.28. The SMILES string of the molecule is CCCCNC(=O)c1ccc2c(c1)c(C)c(C)n2Cc1ccc(-c2ccccc2C(=O)O)cc1. The van der Waals surface area contributed by atoms with Gasteiger partial charge in [-0.3, -0.25) is 4.79 Å². The molecule has 4 rings (SSSR count). The number of nitrogens with one attached hydrogen (secondary N) is 1. The van der Waals surface area contributed by atoms with E-state index in [1.807, 2.05) is 54.6 Å². The molecule has 1 amide bonds. The minimum atomic E-state index is -0.928. The van der Waals surface area contributed by atoms with Gasteiger partial charge in [-0.1, -0.05) is 55.8 Å². The van der Waals surface area contributed by atoms with Crippen molar-refractivity contribution in [3.8, 4) is 11.1 Å². The monoisotopic (exact) mass is 454 g/mol. The molecule has 0 aliphatic heterocycles. The summed E-state index contributed by atoms with van der Waals surface area (Å²) < 4.78 is 2.27. The van der Waals surface area contributed by atoms with Crippen molar-refractivity contribution in [3.05, 3.63) is 94.7 Å². The van der Waals surface area contributed by atoms with E-state index in [2.05, 4.69) is 30.7 Å². The van der Waals surface area contributed by atoms with E-state index in [1.54, 1.807) is 12.1 Å². The molecule has 0 saturated heterocycles. The first kappa shape index (κ1) is 23.3. The van der Waals surface area contributed by atoms with Gasteiger partial charge >= 0.3 is 5.97 Å². The fourth-order valence-corrected chi connectivity index (χ4v) is 4.37. The highest BCUT2D eigenvalue weighted by Gasteiger charge is 2.15. The second-order valence-electron chi connectivity index (χ2n) is 8.69. The number of carbonyl (C=O) groups excluding carboxylic acids is 1. The number of aryl methyl sites for hydroxylation is 1. The molecule has 0 aliphatic carbocycles. The Balaban J connectivity index is 1.61. The standard InChI is InChI=1S/C29H30N2O3/c1-4-5-16-30-28(32)23-14-15-27-26(17-23)19(2)20(3)31(27)18-21-10-12-22(13-11-21)24-8-6-7-9-25(24)29(33)34/h6-15,17H,4-5,16,18H2,1-3H3,(H,30,32)(H,33,34). The van der Waals surface area contributed by atoms with Crippen molar-refractivity contribution >= 4 is 22.8 Å². The number of unbranched alkanes of at least 4 members (excludes halogenated alkanes) is 1. The predicted octanol–water partition coefficient (Wildman–Crippen LogP) is 6.20. The summed E-state index contributed by atoms with van der Waals surface area (Å²) in [6.07, 6.45) is 2.02. The molecule has 4 aromatic rings. The van der Waals surface area contributed by atoms with Crippen LogP contribution in [0.2, 0.25) is 0 Å². The first-order valence-corrected chi connectivity index (χ1v) is 11.7. The molecule has 1 heterocycles. The van der Waals surface area contributed by atoms with Gasteiger partial charge in [0.2, 0.25) is 0 Å². The Labute approximate surface area is 200 Å². The lowest BCUT2D eigenvalue weighted by Gasteiger charge is -2.11. The number of carboxylic acid groups (broad SMARTS) is 1. The molecule has 5 nitrogen and oxygen atoms in total. The van der Waals surface area contributed by atoms with Gasteiger partial charge in [-0.2, -0.15) is 0 Å². The van der Waals surface area contributed by atoms with Crippen LogP contribution in [0.1, 0.15) is 57.3 Å². The van der Waals surface area contributed by atoms with Crippen molar-refractivity contribution in [2.75, 3.05) is 6.54 Å². The molecule has 0 radical (unpaired) electrons. The third-order valence-corrected chi connectivity index (χ3v) is 6.48. The highest BCUT2D eigenvalue weighted by atomic mass is 16.4. The highest BCUT2D eigenvalue weighted by molar-refractivity contribution is 5.99. The number of carbonyl (C=O) groups is 2. The molecule has 0 aliphatic rings. The number of fused-ring (bicyclic) bond motifs is 1. The van der Waals surface area contributed by atoms with Crippen LogP contribution < -0.4 is 5.32 Å². The van der Waals surface area contributed by atoms with Gasteiger partial charge in [0.15, 0.2) is 0 Å². The predicted molar refractivity (Wildman–Crippen MR) is 137 cm³/mol. The molecule has 0 unspecified atom stereocenters. The maximum absolute atomic E-state index is 12.5. The summed E-state index contributed by atoms with van der Waals surface area (Å²) in [4.78, 5) is 24.1. The Hall–Kier alpha value is -3.86. The van der Waals surface area contributed by atoms with Crippen LogP contribution in [0, 0.1) is 13.8 Å². The first-order valence-electron chi connectivity index (χ1n) is 11.7. The van der Waals surface area contributed by atoms with Crippen LogP contribution in [0.3, 0.4) is 0 Å². The van der Waals surface area contributed by atoms with Crippen LogP contribution in [0.5, 0.6) is 0 Å². The first-order chi connectivity index (χ1) is 16.4. The lowest BCUT2D eigenvalue weighted by Crippen LogP contribution is -2.24. The zero-order valence-corrected chi connectivity index (χ0v) is 19.9. The summed E-state index contributed by atoms with van der Waals surface area (Å²) in [5.41, 5.74) is 7.14. The molecule has 5 heteroatoms. The third-order valence-electron chi connectivity index (χ3n) is 6.48.